The molecule has 0 bridgehead atoms. The van der Waals surface area contributed by atoms with E-state index < -0.39 is 12.0 Å². The summed E-state index contributed by atoms with van der Waals surface area (Å²) >= 11 is 6.39. The van der Waals surface area contributed by atoms with Crippen LogP contribution in [0.15, 0.2) is 33.4 Å². The fourth-order valence-electron chi connectivity index (χ4n) is 1.41. The number of carboxylic acids is 1. The summed E-state index contributed by atoms with van der Waals surface area (Å²) in [6.07, 6.45) is 0. The number of thiophene rings is 2. The monoisotopic (exact) mass is 331 g/mol. The van der Waals surface area contributed by atoms with Gasteiger partial charge in [0.1, 0.15) is 6.04 Å². The zero-order valence-corrected chi connectivity index (χ0v) is 11.9. The lowest BCUT2D eigenvalue weighted by atomic mass is 10.2. The summed E-state index contributed by atoms with van der Waals surface area (Å²) in [7, 11) is 0. The summed E-state index contributed by atoms with van der Waals surface area (Å²) in [6.45, 7) is 0.574. The minimum Gasteiger partial charge on any atom is -0.480 e. The second-order valence-corrected chi connectivity index (χ2v) is 6.90. The van der Waals surface area contributed by atoms with E-state index in [1.165, 1.54) is 11.3 Å². The Morgan fingerprint density at radius 1 is 1.47 bits per heavy atom. The van der Waals surface area contributed by atoms with Crippen molar-refractivity contribution in [2.24, 2.45) is 0 Å². The van der Waals surface area contributed by atoms with Crippen LogP contribution in [-0.4, -0.2) is 11.1 Å². The van der Waals surface area contributed by atoms with E-state index in [2.05, 4.69) is 21.2 Å². The Bertz CT molecular complexity index is 495. The summed E-state index contributed by atoms with van der Waals surface area (Å²) in [6, 6.07) is 6.99. The number of hydrogen-bond acceptors (Lipinski definition) is 4. The molecular weight excluding hydrogens is 322 g/mol. The maximum absolute atomic E-state index is 11.2. The van der Waals surface area contributed by atoms with E-state index in [-0.39, 0.29) is 0 Å². The normalized spacial score (nSPS) is 12.5. The van der Waals surface area contributed by atoms with Crippen molar-refractivity contribution < 1.29 is 9.90 Å². The van der Waals surface area contributed by atoms with Crippen molar-refractivity contribution in [3.63, 3.8) is 0 Å². The van der Waals surface area contributed by atoms with Gasteiger partial charge in [0.05, 0.1) is 3.79 Å². The van der Waals surface area contributed by atoms with E-state index in [1.54, 1.807) is 11.3 Å². The van der Waals surface area contributed by atoms with Crippen LogP contribution in [0.4, 0.5) is 0 Å². The van der Waals surface area contributed by atoms with Gasteiger partial charge in [-0.25, -0.2) is 0 Å². The van der Waals surface area contributed by atoms with Gasteiger partial charge in [0, 0.05) is 16.3 Å². The zero-order chi connectivity index (χ0) is 12.3. The molecule has 90 valence electrons. The summed E-state index contributed by atoms with van der Waals surface area (Å²) < 4.78 is 0.941. The fourth-order valence-corrected chi connectivity index (χ4v) is 3.56. The van der Waals surface area contributed by atoms with Crippen LogP contribution in [0.1, 0.15) is 15.8 Å². The molecule has 0 aromatic carbocycles. The molecule has 2 heterocycles. The molecule has 0 spiro atoms. The molecule has 0 fully saturated rings. The summed E-state index contributed by atoms with van der Waals surface area (Å²) in [5.41, 5.74) is 0. The molecule has 0 radical (unpaired) electrons. The van der Waals surface area contributed by atoms with Crippen LogP contribution in [-0.2, 0) is 11.3 Å². The lowest BCUT2D eigenvalue weighted by molar-refractivity contribution is -0.139. The van der Waals surface area contributed by atoms with E-state index in [1.807, 2.05) is 29.6 Å². The van der Waals surface area contributed by atoms with Crippen LogP contribution < -0.4 is 5.32 Å². The molecule has 2 N–H and O–H groups in total. The number of rotatable bonds is 5. The van der Waals surface area contributed by atoms with Crippen molar-refractivity contribution in [1.82, 2.24) is 5.32 Å². The number of nitrogens with one attached hydrogen (secondary N) is 1. The molecule has 2 aromatic heterocycles. The Kier molecular flexibility index (Phi) is 4.33. The third-order valence-corrected chi connectivity index (χ3v) is 4.75. The molecule has 0 aliphatic heterocycles. The molecule has 6 heteroatoms. The minimum absolute atomic E-state index is 0.574. The quantitative estimate of drug-likeness (QED) is 0.881. The summed E-state index contributed by atoms with van der Waals surface area (Å²) in [5, 5.41) is 14.2. The van der Waals surface area contributed by atoms with Crippen molar-refractivity contribution in [1.29, 1.82) is 0 Å². The Balaban J connectivity index is 2.05. The molecule has 3 nitrogen and oxygen atoms in total. The van der Waals surface area contributed by atoms with Gasteiger partial charge < -0.3 is 5.11 Å². The molecule has 2 rings (SSSR count). The lowest BCUT2D eigenvalue weighted by Crippen LogP contribution is -2.27. The first-order valence-electron chi connectivity index (χ1n) is 4.90. The molecule has 1 atom stereocenters. The van der Waals surface area contributed by atoms with E-state index in [0.29, 0.717) is 6.54 Å². The number of hydrogen-bond donors (Lipinski definition) is 2. The first-order chi connectivity index (χ1) is 8.16. The van der Waals surface area contributed by atoms with Crippen molar-refractivity contribution in [3.05, 3.63) is 43.2 Å². The standard InChI is InChI=1S/C11H10BrNO2S2/c12-9-4-3-8(17-9)10(11(14)15)13-6-7-2-1-5-16-7/h1-5,10,13H,6H2,(H,14,15). The van der Waals surface area contributed by atoms with Crippen LogP contribution in [0.2, 0.25) is 0 Å². The Morgan fingerprint density at radius 2 is 2.29 bits per heavy atom. The van der Waals surface area contributed by atoms with Crippen LogP contribution in [0, 0.1) is 0 Å². The summed E-state index contributed by atoms with van der Waals surface area (Å²) in [5.74, 6) is -0.851. The molecule has 0 amide bonds. The molecule has 2 aromatic rings. The first-order valence-corrected chi connectivity index (χ1v) is 7.39. The van der Waals surface area contributed by atoms with Gasteiger partial charge in [0.15, 0.2) is 0 Å². The second kappa shape index (κ2) is 5.77. The smallest absolute Gasteiger partial charge is 0.326 e. The average Bonchev–Trinajstić information content (AvgIpc) is 2.90. The van der Waals surface area contributed by atoms with Gasteiger partial charge in [0.25, 0.3) is 0 Å². The van der Waals surface area contributed by atoms with Gasteiger partial charge in [-0.2, -0.15) is 0 Å². The van der Waals surface area contributed by atoms with Gasteiger partial charge >= 0.3 is 5.97 Å². The highest BCUT2D eigenvalue weighted by Gasteiger charge is 2.20. The highest BCUT2D eigenvalue weighted by Crippen LogP contribution is 2.27. The number of carboxylic acid groups (broad SMARTS) is 1. The van der Waals surface area contributed by atoms with Crippen LogP contribution >= 0.6 is 38.6 Å². The highest BCUT2D eigenvalue weighted by atomic mass is 79.9. The molecular formula is C11H10BrNO2S2. The lowest BCUT2D eigenvalue weighted by Gasteiger charge is -2.11. The van der Waals surface area contributed by atoms with Crippen molar-refractivity contribution in [2.75, 3.05) is 0 Å². The Labute approximate surface area is 115 Å². The molecule has 0 aliphatic carbocycles. The number of carbonyl (C=O) groups is 1. The van der Waals surface area contributed by atoms with Gasteiger partial charge in [-0.05, 0) is 39.5 Å². The second-order valence-electron chi connectivity index (χ2n) is 3.37. The molecule has 17 heavy (non-hydrogen) atoms. The molecule has 0 saturated carbocycles. The van der Waals surface area contributed by atoms with E-state index >= 15 is 0 Å². The van der Waals surface area contributed by atoms with E-state index in [4.69, 9.17) is 0 Å². The van der Waals surface area contributed by atoms with E-state index in [9.17, 15) is 9.90 Å². The fraction of sp³-hybridized carbons (Fsp3) is 0.182. The van der Waals surface area contributed by atoms with Gasteiger partial charge in [-0.3, -0.25) is 10.1 Å². The summed E-state index contributed by atoms with van der Waals surface area (Å²) in [4.78, 5) is 13.1. The maximum atomic E-state index is 11.2. The topological polar surface area (TPSA) is 49.3 Å². The molecule has 0 aliphatic rings. The van der Waals surface area contributed by atoms with Crippen molar-refractivity contribution >= 4 is 44.6 Å². The van der Waals surface area contributed by atoms with Crippen molar-refractivity contribution in [2.45, 2.75) is 12.6 Å². The average molecular weight is 332 g/mol. The van der Waals surface area contributed by atoms with Crippen LogP contribution in [0.5, 0.6) is 0 Å². The molecule has 0 saturated heterocycles. The van der Waals surface area contributed by atoms with Gasteiger partial charge in [0.2, 0.25) is 0 Å². The highest BCUT2D eigenvalue weighted by molar-refractivity contribution is 9.11. The third kappa shape index (κ3) is 3.38. The largest absolute Gasteiger partial charge is 0.480 e. The predicted octanol–water partition coefficient (Wildman–Crippen LogP) is 3.49. The maximum Gasteiger partial charge on any atom is 0.326 e. The predicted molar refractivity (Wildman–Crippen MR) is 73.6 cm³/mol. The Morgan fingerprint density at radius 3 is 2.82 bits per heavy atom. The van der Waals surface area contributed by atoms with Crippen LogP contribution in [0.3, 0.4) is 0 Å². The number of halogens is 1. The number of aliphatic carboxylic acids is 1. The van der Waals surface area contributed by atoms with Gasteiger partial charge in [-0.1, -0.05) is 6.07 Å². The molecule has 1 unspecified atom stereocenters. The SMILES string of the molecule is O=C(O)C(NCc1cccs1)c1ccc(Br)s1. The van der Waals surface area contributed by atoms with E-state index in [0.717, 1.165) is 13.5 Å². The van der Waals surface area contributed by atoms with Crippen molar-refractivity contribution in [3.8, 4) is 0 Å². The van der Waals surface area contributed by atoms with Crippen LogP contribution in [0.25, 0.3) is 0 Å². The Hall–Kier alpha value is -0.690. The zero-order valence-electron chi connectivity index (χ0n) is 8.72. The minimum atomic E-state index is -0.851. The third-order valence-electron chi connectivity index (χ3n) is 2.19. The first kappa shape index (κ1) is 12.8. The van der Waals surface area contributed by atoms with Gasteiger partial charge in [-0.15, -0.1) is 22.7 Å².